The molecule has 1 aliphatic rings. The number of hydrogen-bond acceptors (Lipinski definition) is 3. The summed E-state index contributed by atoms with van der Waals surface area (Å²) in [7, 11) is 0. The maximum Gasteiger partial charge on any atom is 0.0652 e. The molecule has 2 N–H and O–H groups in total. The Morgan fingerprint density at radius 2 is 2.46 bits per heavy atom. The van der Waals surface area contributed by atoms with Crippen LogP contribution in [0.25, 0.3) is 0 Å². The SMILES string of the molecule is OCC(NC1CC1)c1cc(Br)cs1. The van der Waals surface area contributed by atoms with Gasteiger partial charge in [-0.25, -0.2) is 0 Å². The summed E-state index contributed by atoms with van der Waals surface area (Å²) in [5.41, 5.74) is 0. The third-order valence-electron chi connectivity index (χ3n) is 2.13. The highest BCUT2D eigenvalue weighted by Crippen LogP contribution is 2.29. The fourth-order valence-corrected chi connectivity index (χ4v) is 2.77. The van der Waals surface area contributed by atoms with E-state index in [1.54, 1.807) is 11.3 Å². The van der Waals surface area contributed by atoms with Crippen molar-refractivity contribution in [2.45, 2.75) is 24.9 Å². The molecule has 0 aromatic carbocycles. The van der Waals surface area contributed by atoms with Gasteiger partial charge in [0.05, 0.1) is 12.6 Å². The molecule has 1 unspecified atom stereocenters. The van der Waals surface area contributed by atoms with Gasteiger partial charge in [0.1, 0.15) is 0 Å². The summed E-state index contributed by atoms with van der Waals surface area (Å²) < 4.78 is 1.10. The molecule has 1 aromatic rings. The standard InChI is InChI=1S/C9H12BrNOS/c10-6-3-9(13-5-6)8(4-12)11-7-1-2-7/h3,5,7-8,11-12H,1-2,4H2. The van der Waals surface area contributed by atoms with E-state index in [-0.39, 0.29) is 12.6 Å². The first-order valence-electron chi connectivity index (χ1n) is 4.40. The predicted octanol–water partition coefficient (Wildman–Crippen LogP) is 2.30. The Morgan fingerprint density at radius 3 is 2.92 bits per heavy atom. The van der Waals surface area contributed by atoms with Gasteiger partial charge in [-0.2, -0.15) is 0 Å². The summed E-state index contributed by atoms with van der Waals surface area (Å²) in [4.78, 5) is 1.21. The van der Waals surface area contributed by atoms with Crippen LogP contribution in [0.1, 0.15) is 23.8 Å². The van der Waals surface area contributed by atoms with Gasteiger partial charge in [0.25, 0.3) is 0 Å². The molecular weight excluding hydrogens is 250 g/mol. The van der Waals surface area contributed by atoms with Gasteiger partial charge in [0.15, 0.2) is 0 Å². The van der Waals surface area contributed by atoms with Gasteiger partial charge in [-0.05, 0) is 34.8 Å². The third-order valence-corrected chi connectivity index (χ3v) is 3.94. The van der Waals surface area contributed by atoms with Crippen molar-refractivity contribution >= 4 is 27.3 Å². The molecule has 0 spiro atoms. The summed E-state index contributed by atoms with van der Waals surface area (Å²) in [6.45, 7) is 0.184. The zero-order valence-electron chi connectivity index (χ0n) is 7.16. The number of hydrogen-bond donors (Lipinski definition) is 2. The van der Waals surface area contributed by atoms with Crippen LogP contribution in [0.15, 0.2) is 15.9 Å². The van der Waals surface area contributed by atoms with Gasteiger partial charge < -0.3 is 10.4 Å². The van der Waals surface area contributed by atoms with Crippen molar-refractivity contribution in [2.24, 2.45) is 0 Å². The minimum absolute atomic E-state index is 0.129. The van der Waals surface area contributed by atoms with Crippen LogP contribution < -0.4 is 5.32 Å². The largest absolute Gasteiger partial charge is 0.394 e. The second kappa shape index (κ2) is 4.09. The Morgan fingerprint density at radius 1 is 1.69 bits per heavy atom. The van der Waals surface area contributed by atoms with E-state index in [1.807, 2.05) is 5.38 Å². The average molecular weight is 262 g/mol. The number of aliphatic hydroxyl groups excluding tert-OH is 1. The van der Waals surface area contributed by atoms with Gasteiger partial charge in [-0.15, -0.1) is 11.3 Å². The Bertz CT molecular complexity index is 285. The molecule has 1 saturated carbocycles. The van der Waals surface area contributed by atoms with Crippen LogP contribution in [0.2, 0.25) is 0 Å². The predicted molar refractivity (Wildman–Crippen MR) is 58.0 cm³/mol. The molecule has 0 aliphatic heterocycles. The molecule has 2 nitrogen and oxygen atoms in total. The molecular formula is C9H12BrNOS. The highest BCUT2D eigenvalue weighted by molar-refractivity contribution is 9.10. The van der Waals surface area contributed by atoms with Crippen molar-refractivity contribution in [1.82, 2.24) is 5.32 Å². The first-order chi connectivity index (χ1) is 6.29. The number of halogens is 1. The highest BCUT2D eigenvalue weighted by Gasteiger charge is 2.25. The quantitative estimate of drug-likeness (QED) is 0.872. The first-order valence-corrected chi connectivity index (χ1v) is 6.07. The van der Waals surface area contributed by atoms with E-state index in [2.05, 4.69) is 27.3 Å². The molecule has 1 atom stereocenters. The molecule has 0 radical (unpaired) electrons. The zero-order chi connectivity index (χ0) is 9.26. The van der Waals surface area contributed by atoms with Gasteiger partial charge in [-0.1, -0.05) is 0 Å². The maximum absolute atomic E-state index is 9.19. The average Bonchev–Trinajstić information content (AvgIpc) is 2.84. The molecule has 1 fully saturated rings. The lowest BCUT2D eigenvalue weighted by Gasteiger charge is -2.13. The van der Waals surface area contributed by atoms with Crippen LogP contribution >= 0.6 is 27.3 Å². The van der Waals surface area contributed by atoms with E-state index in [0.29, 0.717) is 6.04 Å². The van der Waals surface area contributed by atoms with E-state index < -0.39 is 0 Å². The lowest BCUT2D eigenvalue weighted by Crippen LogP contribution is -2.25. The van der Waals surface area contributed by atoms with Gasteiger partial charge >= 0.3 is 0 Å². The van der Waals surface area contributed by atoms with Crippen LogP contribution in [0.3, 0.4) is 0 Å². The number of nitrogens with one attached hydrogen (secondary N) is 1. The van der Waals surface area contributed by atoms with Crippen molar-refractivity contribution in [2.75, 3.05) is 6.61 Å². The van der Waals surface area contributed by atoms with E-state index in [1.165, 1.54) is 17.7 Å². The minimum Gasteiger partial charge on any atom is -0.394 e. The van der Waals surface area contributed by atoms with Gasteiger partial charge in [0, 0.05) is 20.8 Å². The Hall–Kier alpha value is 0.1000. The lowest BCUT2D eigenvalue weighted by atomic mass is 10.2. The Balaban J connectivity index is 2.01. The number of rotatable bonds is 4. The summed E-state index contributed by atoms with van der Waals surface area (Å²) in [6, 6.07) is 2.84. The van der Waals surface area contributed by atoms with Crippen molar-refractivity contribution in [1.29, 1.82) is 0 Å². The summed E-state index contributed by atoms with van der Waals surface area (Å²) in [5.74, 6) is 0. The van der Waals surface area contributed by atoms with E-state index >= 15 is 0 Å². The minimum atomic E-state index is 0.129. The van der Waals surface area contributed by atoms with Crippen molar-refractivity contribution in [3.05, 3.63) is 20.8 Å². The van der Waals surface area contributed by atoms with Crippen LogP contribution in [-0.4, -0.2) is 17.8 Å². The van der Waals surface area contributed by atoms with Crippen molar-refractivity contribution < 1.29 is 5.11 Å². The second-order valence-electron chi connectivity index (χ2n) is 3.34. The smallest absolute Gasteiger partial charge is 0.0652 e. The Kier molecular flexibility index (Phi) is 3.03. The first kappa shape index (κ1) is 9.65. The monoisotopic (exact) mass is 261 g/mol. The molecule has 0 bridgehead atoms. The number of aliphatic hydroxyl groups is 1. The molecule has 0 amide bonds. The van der Waals surface area contributed by atoms with Gasteiger partial charge in [0.2, 0.25) is 0 Å². The highest BCUT2D eigenvalue weighted by atomic mass is 79.9. The zero-order valence-corrected chi connectivity index (χ0v) is 9.57. The van der Waals surface area contributed by atoms with Crippen LogP contribution in [-0.2, 0) is 0 Å². The maximum atomic E-state index is 9.19. The molecule has 1 aromatic heterocycles. The van der Waals surface area contributed by atoms with E-state index in [4.69, 9.17) is 0 Å². The molecule has 1 aliphatic carbocycles. The lowest BCUT2D eigenvalue weighted by molar-refractivity contribution is 0.245. The van der Waals surface area contributed by atoms with Crippen LogP contribution in [0.5, 0.6) is 0 Å². The number of thiophene rings is 1. The van der Waals surface area contributed by atoms with E-state index in [0.717, 1.165) is 4.47 Å². The molecule has 1 heterocycles. The second-order valence-corrected chi connectivity index (χ2v) is 5.20. The summed E-state index contributed by atoms with van der Waals surface area (Å²) in [6.07, 6.45) is 2.51. The normalized spacial score (nSPS) is 18.9. The Labute approximate surface area is 90.1 Å². The van der Waals surface area contributed by atoms with E-state index in [9.17, 15) is 5.11 Å². The van der Waals surface area contributed by atoms with Crippen molar-refractivity contribution in [3.63, 3.8) is 0 Å². The van der Waals surface area contributed by atoms with Gasteiger partial charge in [-0.3, -0.25) is 0 Å². The molecule has 4 heteroatoms. The topological polar surface area (TPSA) is 32.3 Å². The summed E-state index contributed by atoms with van der Waals surface area (Å²) in [5, 5.41) is 14.7. The molecule has 0 saturated heterocycles. The van der Waals surface area contributed by atoms with Crippen LogP contribution in [0.4, 0.5) is 0 Å². The molecule has 2 rings (SSSR count). The third kappa shape index (κ3) is 2.53. The molecule has 13 heavy (non-hydrogen) atoms. The fourth-order valence-electron chi connectivity index (χ4n) is 1.27. The fraction of sp³-hybridized carbons (Fsp3) is 0.556. The summed E-state index contributed by atoms with van der Waals surface area (Å²) >= 11 is 5.10. The molecule has 72 valence electrons. The van der Waals surface area contributed by atoms with Crippen LogP contribution in [0, 0.1) is 0 Å². The van der Waals surface area contributed by atoms with Crippen molar-refractivity contribution in [3.8, 4) is 0 Å².